The fraction of sp³-hybridized carbons (Fsp3) is 0.167. The van der Waals surface area contributed by atoms with Crippen LogP contribution in [0.15, 0.2) is 60.8 Å². The van der Waals surface area contributed by atoms with Gasteiger partial charge in [0.05, 0.1) is 5.69 Å². The molecule has 112 valence electrons. The summed E-state index contributed by atoms with van der Waals surface area (Å²) in [5, 5.41) is 4.24. The Morgan fingerprint density at radius 2 is 1.86 bits per heavy atom. The molecule has 0 aliphatic rings. The number of rotatable bonds is 5. The van der Waals surface area contributed by atoms with Crippen molar-refractivity contribution in [1.29, 1.82) is 0 Å². The summed E-state index contributed by atoms with van der Waals surface area (Å²) >= 11 is 0. The van der Waals surface area contributed by atoms with E-state index in [1.807, 2.05) is 48.1 Å². The smallest absolute Gasteiger partial charge is 0.129 e. The van der Waals surface area contributed by atoms with Gasteiger partial charge in [-0.25, -0.2) is 0 Å². The minimum Gasteiger partial charge on any atom is -0.488 e. The summed E-state index contributed by atoms with van der Waals surface area (Å²) < 4.78 is 7.86. The van der Waals surface area contributed by atoms with Gasteiger partial charge in [0.25, 0.3) is 0 Å². The van der Waals surface area contributed by atoms with Crippen LogP contribution in [-0.4, -0.2) is 9.78 Å². The van der Waals surface area contributed by atoms with E-state index in [0.717, 1.165) is 28.1 Å². The number of aryl methyl sites for hydroxylation is 1. The average molecular weight is 293 g/mol. The summed E-state index contributed by atoms with van der Waals surface area (Å²) in [6.07, 6.45) is 1.78. The Bertz CT molecular complexity index is 750. The summed E-state index contributed by atoms with van der Waals surface area (Å²) in [7, 11) is 1.92. The lowest BCUT2D eigenvalue weighted by Crippen LogP contribution is -2.02. The van der Waals surface area contributed by atoms with E-state index in [4.69, 9.17) is 10.5 Å². The minimum atomic E-state index is 0.504. The molecule has 4 nitrogen and oxygen atoms in total. The molecule has 0 aliphatic heterocycles. The molecule has 1 aromatic heterocycles. The van der Waals surface area contributed by atoms with Gasteiger partial charge >= 0.3 is 0 Å². The van der Waals surface area contributed by atoms with Gasteiger partial charge in [-0.15, -0.1) is 0 Å². The first-order valence-corrected chi connectivity index (χ1v) is 7.26. The molecule has 0 amide bonds. The van der Waals surface area contributed by atoms with Crippen molar-refractivity contribution in [2.24, 2.45) is 12.8 Å². The maximum Gasteiger partial charge on any atom is 0.129 e. The fourth-order valence-corrected chi connectivity index (χ4v) is 2.40. The number of ether oxygens (including phenoxy) is 1. The molecule has 0 unspecified atom stereocenters. The van der Waals surface area contributed by atoms with Crippen molar-refractivity contribution in [3.8, 4) is 17.0 Å². The monoisotopic (exact) mass is 293 g/mol. The molecule has 0 bridgehead atoms. The van der Waals surface area contributed by atoms with Crippen molar-refractivity contribution >= 4 is 0 Å². The molecule has 0 spiro atoms. The lowest BCUT2D eigenvalue weighted by molar-refractivity contribution is 0.307. The van der Waals surface area contributed by atoms with Crippen molar-refractivity contribution in [3.05, 3.63) is 71.9 Å². The van der Waals surface area contributed by atoms with E-state index in [0.29, 0.717) is 13.2 Å². The van der Waals surface area contributed by atoms with Crippen molar-refractivity contribution in [3.63, 3.8) is 0 Å². The summed E-state index contributed by atoms with van der Waals surface area (Å²) in [5.41, 5.74) is 10.00. The van der Waals surface area contributed by atoms with E-state index in [9.17, 15) is 0 Å². The maximum atomic E-state index is 6.02. The highest BCUT2D eigenvalue weighted by Gasteiger charge is 2.11. The van der Waals surface area contributed by atoms with E-state index in [1.165, 1.54) is 0 Å². The van der Waals surface area contributed by atoms with Crippen LogP contribution in [0, 0.1) is 0 Å². The number of benzene rings is 2. The lowest BCUT2D eigenvalue weighted by Gasteiger charge is -2.13. The highest BCUT2D eigenvalue weighted by atomic mass is 16.5. The first kappa shape index (κ1) is 14.4. The topological polar surface area (TPSA) is 53.1 Å². The van der Waals surface area contributed by atoms with Gasteiger partial charge in [-0.3, -0.25) is 4.68 Å². The van der Waals surface area contributed by atoms with Crippen LogP contribution in [0.25, 0.3) is 11.3 Å². The Morgan fingerprint density at radius 3 is 2.55 bits per heavy atom. The second-order valence-electron chi connectivity index (χ2n) is 5.15. The highest BCUT2D eigenvalue weighted by Crippen LogP contribution is 2.31. The number of hydrogen-bond acceptors (Lipinski definition) is 3. The molecule has 1 heterocycles. The summed E-state index contributed by atoms with van der Waals surface area (Å²) in [4.78, 5) is 0. The second-order valence-corrected chi connectivity index (χ2v) is 5.15. The Hall–Kier alpha value is -2.59. The molecule has 3 aromatic rings. The van der Waals surface area contributed by atoms with Gasteiger partial charge in [0.1, 0.15) is 12.4 Å². The van der Waals surface area contributed by atoms with Gasteiger partial charge < -0.3 is 10.5 Å². The van der Waals surface area contributed by atoms with Crippen molar-refractivity contribution in [2.75, 3.05) is 0 Å². The van der Waals surface area contributed by atoms with Crippen LogP contribution in [0.2, 0.25) is 0 Å². The van der Waals surface area contributed by atoms with E-state index < -0.39 is 0 Å². The Kier molecular flexibility index (Phi) is 4.21. The van der Waals surface area contributed by atoms with Gasteiger partial charge in [0.15, 0.2) is 0 Å². The minimum absolute atomic E-state index is 0.504. The molecule has 3 rings (SSSR count). The lowest BCUT2D eigenvalue weighted by atomic mass is 10.1. The quantitative estimate of drug-likeness (QED) is 0.786. The summed E-state index contributed by atoms with van der Waals surface area (Å²) in [6, 6.07) is 18.2. The third kappa shape index (κ3) is 3.02. The fourth-order valence-electron chi connectivity index (χ4n) is 2.40. The molecule has 2 N–H and O–H groups in total. The third-order valence-corrected chi connectivity index (χ3v) is 3.61. The van der Waals surface area contributed by atoms with Gasteiger partial charge in [-0.1, -0.05) is 36.4 Å². The zero-order valence-electron chi connectivity index (χ0n) is 12.6. The Labute approximate surface area is 130 Å². The first-order chi connectivity index (χ1) is 10.8. The van der Waals surface area contributed by atoms with Crippen LogP contribution in [-0.2, 0) is 20.2 Å². The van der Waals surface area contributed by atoms with Crippen LogP contribution in [0.3, 0.4) is 0 Å². The third-order valence-electron chi connectivity index (χ3n) is 3.61. The number of hydrogen-bond donors (Lipinski definition) is 1. The summed E-state index contributed by atoms with van der Waals surface area (Å²) in [5.74, 6) is 0.838. The maximum absolute atomic E-state index is 6.02. The molecule has 2 aromatic carbocycles. The number of nitrogens with zero attached hydrogens (tertiary/aromatic N) is 2. The predicted octanol–water partition coefficient (Wildman–Crippen LogP) is 3.12. The van der Waals surface area contributed by atoms with Crippen molar-refractivity contribution in [1.82, 2.24) is 9.78 Å². The van der Waals surface area contributed by atoms with Crippen LogP contribution in [0.4, 0.5) is 0 Å². The molecule has 0 fully saturated rings. The van der Waals surface area contributed by atoms with Gasteiger partial charge in [-0.05, 0) is 29.3 Å². The van der Waals surface area contributed by atoms with Gasteiger partial charge in [0, 0.05) is 25.4 Å². The van der Waals surface area contributed by atoms with E-state index >= 15 is 0 Å². The SMILES string of the molecule is Cn1nccc1-c1cc(CN)ccc1OCc1ccccc1. The zero-order chi connectivity index (χ0) is 15.4. The molecule has 0 saturated heterocycles. The Morgan fingerprint density at radius 1 is 1.05 bits per heavy atom. The number of nitrogens with two attached hydrogens (primary N) is 1. The first-order valence-electron chi connectivity index (χ1n) is 7.26. The van der Waals surface area contributed by atoms with Gasteiger partial charge in [0.2, 0.25) is 0 Å². The largest absolute Gasteiger partial charge is 0.488 e. The predicted molar refractivity (Wildman–Crippen MR) is 87.3 cm³/mol. The number of aromatic nitrogens is 2. The normalized spacial score (nSPS) is 10.6. The second kappa shape index (κ2) is 6.45. The average Bonchev–Trinajstić information content (AvgIpc) is 2.99. The van der Waals surface area contributed by atoms with E-state index in [1.54, 1.807) is 6.20 Å². The molecular formula is C18H19N3O. The van der Waals surface area contributed by atoms with Crippen LogP contribution in [0.1, 0.15) is 11.1 Å². The van der Waals surface area contributed by atoms with Crippen LogP contribution in [0.5, 0.6) is 5.75 Å². The van der Waals surface area contributed by atoms with Crippen molar-refractivity contribution in [2.45, 2.75) is 13.2 Å². The van der Waals surface area contributed by atoms with Gasteiger partial charge in [-0.2, -0.15) is 5.10 Å². The molecule has 4 heteroatoms. The van der Waals surface area contributed by atoms with Crippen molar-refractivity contribution < 1.29 is 4.74 Å². The molecule has 0 atom stereocenters. The zero-order valence-corrected chi connectivity index (χ0v) is 12.6. The molecule has 0 saturated carbocycles. The van der Waals surface area contributed by atoms with Crippen LogP contribution < -0.4 is 10.5 Å². The highest BCUT2D eigenvalue weighted by molar-refractivity contribution is 5.68. The van der Waals surface area contributed by atoms with Crippen LogP contribution >= 0.6 is 0 Å². The molecular weight excluding hydrogens is 274 g/mol. The Balaban J connectivity index is 1.92. The molecule has 22 heavy (non-hydrogen) atoms. The molecule has 0 aliphatic carbocycles. The van der Waals surface area contributed by atoms with E-state index in [-0.39, 0.29) is 0 Å². The molecule has 0 radical (unpaired) electrons. The summed E-state index contributed by atoms with van der Waals surface area (Å²) in [6.45, 7) is 1.04. The van der Waals surface area contributed by atoms with E-state index in [2.05, 4.69) is 23.3 Å². The standard InChI is InChI=1S/C18H19N3O/c1-21-17(9-10-20-21)16-11-15(12-19)7-8-18(16)22-13-14-5-3-2-4-6-14/h2-11H,12-13,19H2,1H3.